The molecule has 1 atom stereocenters. The molecule has 0 rings (SSSR count). The van der Waals surface area contributed by atoms with E-state index in [4.69, 9.17) is 4.74 Å². The third-order valence-corrected chi connectivity index (χ3v) is 3.63. The van der Waals surface area contributed by atoms with Crippen LogP contribution in [-0.2, 0) is 14.3 Å². The van der Waals surface area contributed by atoms with E-state index in [0.717, 1.165) is 19.3 Å². The Morgan fingerprint density at radius 3 is 2.15 bits per heavy atom. The fourth-order valence-corrected chi connectivity index (χ4v) is 1.95. The van der Waals surface area contributed by atoms with Gasteiger partial charge in [-0.2, -0.15) is 0 Å². The maximum atomic E-state index is 11.5. The summed E-state index contributed by atoms with van der Waals surface area (Å²) < 4.78 is 5.36. The zero-order valence-electron chi connectivity index (χ0n) is 13.7. The molecule has 0 saturated heterocycles. The third kappa shape index (κ3) is 10.3. The van der Waals surface area contributed by atoms with Gasteiger partial charge in [0.25, 0.3) is 0 Å². The summed E-state index contributed by atoms with van der Waals surface area (Å²) in [5.74, 6) is -1.94. The zero-order chi connectivity index (χ0) is 14.9. The number of ether oxygens (including phenoxy) is 1. The number of esters is 1. The van der Waals surface area contributed by atoms with Gasteiger partial charge in [0.15, 0.2) is 0 Å². The first-order valence-electron chi connectivity index (χ1n) is 7.23. The van der Waals surface area contributed by atoms with Crippen LogP contribution in [0.5, 0.6) is 0 Å². The Hall–Kier alpha value is 0.576. The second-order valence-corrected chi connectivity index (χ2v) is 5.65. The molecule has 0 spiro atoms. The van der Waals surface area contributed by atoms with E-state index < -0.39 is 24.0 Å². The van der Waals surface area contributed by atoms with Gasteiger partial charge in [0.05, 0.1) is 12.4 Å². The van der Waals surface area contributed by atoms with E-state index in [1.54, 1.807) is 0 Å². The molecule has 1 unspecified atom stereocenters. The quantitative estimate of drug-likeness (QED) is 0.235. The van der Waals surface area contributed by atoms with Gasteiger partial charge < -0.3 is 14.6 Å². The minimum Gasteiger partial charge on any atom is -0.550 e. The topological polar surface area (TPSA) is 66.4 Å². The number of carboxylic acids is 1. The molecule has 0 aromatic heterocycles. The molecule has 0 saturated carbocycles. The van der Waals surface area contributed by atoms with Crippen LogP contribution in [0.4, 0.5) is 0 Å². The van der Waals surface area contributed by atoms with Gasteiger partial charge in [0.1, 0.15) is 5.60 Å². The van der Waals surface area contributed by atoms with E-state index >= 15 is 0 Å². The Kier molecular flexibility index (Phi) is 13.9. The van der Waals surface area contributed by atoms with Crippen molar-refractivity contribution in [2.75, 3.05) is 0 Å². The Morgan fingerprint density at radius 2 is 1.70 bits per heavy atom. The van der Waals surface area contributed by atoms with Gasteiger partial charge in [0.2, 0.25) is 0 Å². The molecular weight excluding hydrogens is 283 g/mol. The SMILES string of the molecule is CCCCCCCC(C)(OC(=O)CC(=O)[O-])C(C)C.[K+]. The number of rotatable bonds is 10. The van der Waals surface area contributed by atoms with E-state index in [2.05, 4.69) is 6.92 Å². The van der Waals surface area contributed by atoms with Gasteiger partial charge in [-0.05, 0) is 25.7 Å². The van der Waals surface area contributed by atoms with E-state index in [1.165, 1.54) is 19.3 Å². The van der Waals surface area contributed by atoms with Gasteiger partial charge in [-0.3, -0.25) is 4.79 Å². The van der Waals surface area contributed by atoms with Crippen molar-refractivity contribution in [3.05, 3.63) is 0 Å². The van der Waals surface area contributed by atoms with Crippen molar-refractivity contribution in [2.45, 2.75) is 78.2 Å². The molecule has 112 valence electrons. The molecule has 5 heteroatoms. The summed E-state index contributed by atoms with van der Waals surface area (Å²) in [6, 6.07) is 0. The van der Waals surface area contributed by atoms with Crippen molar-refractivity contribution < 1.29 is 70.8 Å². The Bertz CT molecular complexity index is 292. The van der Waals surface area contributed by atoms with Crippen LogP contribution in [0.1, 0.15) is 72.6 Å². The molecule has 0 N–H and O–H groups in total. The number of carboxylic acid groups (broad SMARTS) is 1. The van der Waals surface area contributed by atoms with E-state index in [1.807, 2.05) is 20.8 Å². The summed E-state index contributed by atoms with van der Waals surface area (Å²) in [7, 11) is 0. The first kappa shape index (κ1) is 22.9. The normalized spacial score (nSPS) is 13.4. The van der Waals surface area contributed by atoms with Gasteiger partial charge in [-0.1, -0.05) is 46.5 Å². The average Bonchev–Trinajstić information content (AvgIpc) is 2.27. The second-order valence-electron chi connectivity index (χ2n) is 5.65. The minimum absolute atomic E-state index is 0. The van der Waals surface area contributed by atoms with Gasteiger partial charge in [-0.15, -0.1) is 0 Å². The summed E-state index contributed by atoms with van der Waals surface area (Å²) in [6.45, 7) is 8.02. The summed E-state index contributed by atoms with van der Waals surface area (Å²) in [5.41, 5.74) is -0.585. The number of carbonyl (C=O) groups is 2. The van der Waals surface area contributed by atoms with Crippen molar-refractivity contribution in [1.82, 2.24) is 0 Å². The number of unbranched alkanes of at least 4 members (excludes halogenated alkanes) is 4. The van der Waals surface area contributed by atoms with Crippen molar-refractivity contribution in [1.29, 1.82) is 0 Å². The number of carbonyl (C=O) groups excluding carboxylic acids is 2. The van der Waals surface area contributed by atoms with Gasteiger partial charge in [0, 0.05) is 0 Å². The molecular formula is C15H27KO4. The first-order valence-corrected chi connectivity index (χ1v) is 7.23. The summed E-state index contributed by atoms with van der Waals surface area (Å²) >= 11 is 0. The number of hydrogen-bond donors (Lipinski definition) is 0. The van der Waals surface area contributed by atoms with Crippen LogP contribution < -0.4 is 56.5 Å². The van der Waals surface area contributed by atoms with Crippen molar-refractivity contribution in [2.24, 2.45) is 5.92 Å². The summed E-state index contributed by atoms with van der Waals surface area (Å²) in [4.78, 5) is 21.9. The van der Waals surface area contributed by atoms with Crippen LogP contribution in [0.25, 0.3) is 0 Å². The van der Waals surface area contributed by atoms with Crippen molar-refractivity contribution in [3.8, 4) is 0 Å². The maximum Gasteiger partial charge on any atom is 1.00 e. The van der Waals surface area contributed by atoms with E-state index in [-0.39, 0.29) is 57.3 Å². The van der Waals surface area contributed by atoms with Gasteiger partial charge >= 0.3 is 57.4 Å². The van der Waals surface area contributed by atoms with Crippen molar-refractivity contribution in [3.63, 3.8) is 0 Å². The smallest absolute Gasteiger partial charge is 0.550 e. The molecule has 0 radical (unpaired) electrons. The monoisotopic (exact) mass is 310 g/mol. The zero-order valence-corrected chi connectivity index (χ0v) is 16.8. The average molecular weight is 310 g/mol. The van der Waals surface area contributed by atoms with E-state index in [9.17, 15) is 14.7 Å². The van der Waals surface area contributed by atoms with E-state index in [0.29, 0.717) is 0 Å². The fraction of sp³-hybridized carbons (Fsp3) is 0.867. The molecule has 4 nitrogen and oxygen atoms in total. The molecule has 0 fully saturated rings. The Morgan fingerprint density at radius 1 is 1.15 bits per heavy atom. The molecule has 0 bridgehead atoms. The van der Waals surface area contributed by atoms with Crippen LogP contribution >= 0.6 is 0 Å². The van der Waals surface area contributed by atoms with Gasteiger partial charge in [-0.25, -0.2) is 0 Å². The molecule has 0 aromatic carbocycles. The largest absolute Gasteiger partial charge is 1.00 e. The molecule has 0 amide bonds. The van der Waals surface area contributed by atoms with Crippen molar-refractivity contribution >= 4 is 11.9 Å². The molecule has 0 aromatic rings. The molecule has 0 aliphatic carbocycles. The van der Waals surface area contributed by atoms with Crippen LogP contribution in [-0.4, -0.2) is 17.5 Å². The summed E-state index contributed by atoms with van der Waals surface area (Å²) in [5, 5.41) is 10.4. The number of aliphatic carboxylic acids is 1. The Labute approximate surface area is 165 Å². The maximum absolute atomic E-state index is 11.5. The Balaban J connectivity index is 0. The molecule has 20 heavy (non-hydrogen) atoms. The van der Waals surface area contributed by atoms with Crippen LogP contribution in [0.15, 0.2) is 0 Å². The minimum atomic E-state index is -1.39. The third-order valence-electron chi connectivity index (χ3n) is 3.63. The first-order chi connectivity index (χ1) is 8.81. The molecule has 0 aliphatic rings. The van der Waals surface area contributed by atoms with Crippen LogP contribution in [0, 0.1) is 5.92 Å². The van der Waals surface area contributed by atoms with Crippen LogP contribution in [0.3, 0.4) is 0 Å². The fourth-order valence-electron chi connectivity index (χ4n) is 1.95. The molecule has 0 aliphatic heterocycles. The number of hydrogen-bond acceptors (Lipinski definition) is 4. The molecule has 0 heterocycles. The predicted octanol–water partition coefficient (Wildman–Crippen LogP) is -0.551. The standard InChI is InChI=1S/C15H28O4.K/c1-5-6-7-8-9-10-15(4,12(2)3)19-14(18)11-13(16)17;/h12H,5-11H2,1-4H3,(H,16,17);/q;+1/p-1. The summed E-state index contributed by atoms with van der Waals surface area (Å²) in [6.07, 6.45) is 5.83. The second kappa shape index (κ2) is 12.2. The van der Waals surface area contributed by atoms with Crippen LogP contribution in [0.2, 0.25) is 0 Å². The predicted molar refractivity (Wildman–Crippen MR) is 72.3 cm³/mol.